The van der Waals surface area contributed by atoms with E-state index in [0.717, 1.165) is 19.3 Å². The van der Waals surface area contributed by atoms with Crippen LogP contribution >= 0.6 is 24.4 Å². The quantitative estimate of drug-likeness (QED) is 0.135. The van der Waals surface area contributed by atoms with Crippen molar-refractivity contribution in [2.24, 2.45) is 5.73 Å². The fourth-order valence-corrected chi connectivity index (χ4v) is 3.91. The number of thioether (sulfide) groups is 1. The number of hydrogen-bond donors (Lipinski definition) is 6. The van der Waals surface area contributed by atoms with Crippen LogP contribution in [0, 0.1) is 0 Å². The molecule has 0 aliphatic rings. The Hall–Kier alpha value is -1.58. The first-order chi connectivity index (χ1) is 12.2. The Morgan fingerprint density at radius 1 is 1.15 bits per heavy atom. The topological polar surface area (TPSA) is 141 Å². The number of hydrogen-bond acceptors (Lipinski definition) is 7. The molecule has 0 radical (unpaired) electrons. The molecule has 1 rings (SSSR count). The summed E-state index contributed by atoms with van der Waals surface area (Å²) in [6.45, 7) is 0. The molecule has 1 aromatic carbocycles. The van der Waals surface area contributed by atoms with Gasteiger partial charge in [0.2, 0.25) is 0 Å². The van der Waals surface area contributed by atoms with Crippen LogP contribution in [0.5, 0.6) is 11.5 Å². The summed E-state index contributed by atoms with van der Waals surface area (Å²) in [5, 5.41) is 37.4. The third-order valence-corrected chi connectivity index (χ3v) is 5.35. The summed E-state index contributed by atoms with van der Waals surface area (Å²) in [4.78, 5) is 21.8. The summed E-state index contributed by atoms with van der Waals surface area (Å²) in [6.07, 6.45) is 3.19. The maximum absolute atomic E-state index is 10.8. The highest BCUT2D eigenvalue weighted by Crippen LogP contribution is 2.38. The molecule has 0 aliphatic heterocycles. The number of unbranched alkanes of at least 4 members (excludes halogenated alkanes) is 1. The molecule has 26 heavy (non-hydrogen) atoms. The van der Waals surface area contributed by atoms with E-state index in [4.69, 9.17) is 15.9 Å². The Morgan fingerprint density at radius 2 is 1.85 bits per heavy atom. The van der Waals surface area contributed by atoms with Gasteiger partial charge in [-0.15, -0.1) is 11.8 Å². The number of rotatable bonds is 12. The van der Waals surface area contributed by atoms with Crippen molar-refractivity contribution in [1.82, 2.24) is 0 Å². The lowest BCUT2D eigenvalue weighted by Gasteiger charge is -2.13. The minimum absolute atomic E-state index is 0.0511. The Morgan fingerprint density at radius 3 is 2.46 bits per heavy atom. The van der Waals surface area contributed by atoms with Crippen molar-refractivity contribution in [3.63, 3.8) is 0 Å². The molecular formula is C17H25NO6S2. The molecule has 2 atom stereocenters. The average molecular weight is 404 g/mol. The summed E-state index contributed by atoms with van der Waals surface area (Å²) in [6, 6.07) is 1.86. The molecule has 7 nitrogen and oxygen atoms in total. The molecule has 146 valence electrons. The minimum Gasteiger partial charge on any atom is -0.504 e. The molecule has 0 aromatic heterocycles. The first-order valence-corrected chi connectivity index (χ1v) is 9.76. The molecule has 1 aromatic rings. The van der Waals surface area contributed by atoms with E-state index >= 15 is 0 Å². The molecule has 0 spiro atoms. The molecule has 2 unspecified atom stereocenters. The summed E-state index contributed by atoms with van der Waals surface area (Å²) < 4.78 is 0. The van der Waals surface area contributed by atoms with Crippen LogP contribution in [-0.2, 0) is 16.0 Å². The first-order valence-electron chi connectivity index (χ1n) is 8.26. The van der Waals surface area contributed by atoms with Crippen molar-refractivity contribution in [3.8, 4) is 11.5 Å². The monoisotopic (exact) mass is 403 g/mol. The first kappa shape index (κ1) is 22.5. The smallest absolute Gasteiger partial charge is 0.320 e. The van der Waals surface area contributed by atoms with Crippen LogP contribution in [0.25, 0.3) is 0 Å². The maximum atomic E-state index is 10.8. The van der Waals surface area contributed by atoms with Gasteiger partial charge in [-0.05, 0) is 49.1 Å². The summed E-state index contributed by atoms with van der Waals surface area (Å²) in [7, 11) is 0. The Labute approximate surface area is 162 Å². The maximum Gasteiger partial charge on any atom is 0.320 e. The highest BCUT2D eigenvalue weighted by molar-refractivity contribution is 7.99. The number of thiol groups is 1. The van der Waals surface area contributed by atoms with Crippen molar-refractivity contribution in [1.29, 1.82) is 0 Å². The van der Waals surface area contributed by atoms with Crippen LogP contribution in [0.2, 0.25) is 0 Å². The van der Waals surface area contributed by atoms with Crippen molar-refractivity contribution in [3.05, 3.63) is 17.7 Å². The van der Waals surface area contributed by atoms with Gasteiger partial charge in [0.15, 0.2) is 11.5 Å². The molecule has 0 saturated heterocycles. The summed E-state index contributed by atoms with van der Waals surface area (Å²) in [5.74, 6) is -1.82. The molecular weight excluding hydrogens is 378 g/mol. The molecule has 0 amide bonds. The van der Waals surface area contributed by atoms with Crippen LogP contribution in [0.1, 0.15) is 37.7 Å². The molecule has 0 fully saturated rings. The molecule has 0 saturated carbocycles. The summed E-state index contributed by atoms with van der Waals surface area (Å²) in [5.41, 5.74) is 6.04. The molecule has 0 bridgehead atoms. The largest absolute Gasteiger partial charge is 0.504 e. The zero-order chi connectivity index (χ0) is 19.7. The average Bonchev–Trinajstić information content (AvgIpc) is 2.55. The molecule has 0 heterocycles. The van der Waals surface area contributed by atoms with Gasteiger partial charge in [-0.1, -0.05) is 6.42 Å². The fraction of sp³-hybridized carbons (Fsp3) is 0.529. The predicted molar refractivity (Wildman–Crippen MR) is 103 cm³/mol. The van der Waals surface area contributed by atoms with Crippen LogP contribution in [0.15, 0.2) is 17.0 Å². The van der Waals surface area contributed by atoms with E-state index < -0.39 is 18.0 Å². The van der Waals surface area contributed by atoms with E-state index in [1.54, 1.807) is 6.07 Å². The van der Waals surface area contributed by atoms with Gasteiger partial charge in [-0.25, -0.2) is 0 Å². The highest BCUT2D eigenvalue weighted by Gasteiger charge is 2.16. The van der Waals surface area contributed by atoms with Gasteiger partial charge in [-0.2, -0.15) is 12.6 Å². The van der Waals surface area contributed by atoms with E-state index in [0.29, 0.717) is 22.6 Å². The highest BCUT2D eigenvalue weighted by atomic mass is 32.2. The van der Waals surface area contributed by atoms with Gasteiger partial charge >= 0.3 is 11.9 Å². The van der Waals surface area contributed by atoms with Crippen molar-refractivity contribution in [2.45, 2.75) is 54.7 Å². The van der Waals surface area contributed by atoms with Gasteiger partial charge < -0.3 is 26.2 Å². The van der Waals surface area contributed by atoms with E-state index in [-0.39, 0.29) is 29.6 Å². The number of aliphatic carboxylic acids is 2. The fourth-order valence-electron chi connectivity index (χ4n) is 2.32. The van der Waals surface area contributed by atoms with Crippen LogP contribution in [0.4, 0.5) is 0 Å². The van der Waals surface area contributed by atoms with Crippen molar-refractivity contribution >= 4 is 36.3 Å². The number of phenolic OH excluding ortho intramolecular Hbond substituents is 2. The SMILES string of the molecule is NC(Cc1cc(O)c(O)c(SCCC(S)CCCCC(=O)O)c1)C(=O)O. The number of benzene rings is 1. The zero-order valence-corrected chi connectivity index (χ0v) is 16.0. The Balaban J connectivity index is 2.51. The van der Waals surface area contributed by atoms with Gasteiger partial charge in [0.05, 0.1) is 4.90 Å². The van der Waals surface area contributed by atoms with Gasteiger partial charge in [0, 0.05) is 11.7 Å². The lowest BCUT2D eigenvalue weighted by atomic mass is 10.1. The van der Waals surface area contributed by atoms with E-state index in [2.05, 4.69) is 12.6 Å². The standard InChI is InChI=1S/C17H25NO6S2/c18-12(17(23)24)7-10-8-13(19)16(22)14(9-10)26-6-5-11(25)3-1-2-4-15(20)21/h8-9,11-12,19,22,25H,1-7,18H2,(H,20,21)(H,23,24). The second-order valence-electron chi connectivity index (χ2n) is 6.04. The molecule has 9 heteroatoms. The van der Waals surface area contributed by atoms with Gasteiger partial charge in [-0.3, -0.25) is 9.59 Å². The zero-order valence-electron chi connectivity index (χ0n) is 14.3. The number of aromatic hydroxyl groups is 2. The normalized spacial score (nSPS) is 13.3. The lowest BCUT2D eigenvalue weighted by molar-refractivity contribution is -0.139. The second-order valence-corrected chi connectivity index (χ2v) is 7.91. The molecule has 6 N–H and O–H groups in total. The lowest BCUT2D eigenvalue weighted by Crippen LogP contribution is -2.32. The Bertz CT molecular complexity index is 626. The van der Waals surface area contributed by atoms with Crippen LogP contribution < -0.4 is 5.73 Å². The molecule has 0 aliphatic carbocycles. The number of phenols is 2. The van der Waals surface area contributed by atoms with Gasteiger partial charge in [0.1, 0.15) is 6.04 Å². The number of carbonyl (C=O) groups is 2. The van der Waals surface area contributed by atoms with Crippen molar-refractivity contribution in [2.75, 3.05) is 5.75 Å². The van der Waals surface area contributed by atoms with E-state index in [1.807, 2.05) is 0 Å². The number of carboxylic acids is 2. The van der Waals surface area contributed by atoms with E-state index in [1.165, 1.54) is 17.8 Å². The van der Waals surface area contributed by atoms with Crippen molar-refractivity contribution < 1.29 is 30.0 Å². The predicted octanol–water partition coefficient (Wildman–Crippen LogP) is 2.48. The number of carboxylic acid groups (broad SMARTS) is 2. The summed E-state index contributed by atoms with van der Waals surface area (Å²) >= 11 is 5.82. The van der Waals surface area contributed by atoms with E-state index in [9.17, 15) is 19.8 Å². The third kappa shape index (κ3) is 8.20. The van der Waals surface area contributed by atoms with Crippen LogP contribution in [0.3, 0.4) is 0 Å². The third-order valence-electron chi connectivity index (χ3n) is 3.77. The number of nitrogens with two attached hydrogens (primary N) is 1. The van der Waals surface area contributed by atoms with Crippen LogP contribution in [-0.4, -0.2) is 49.4 Å². The Kier molecular flexibility index (Phi) is 9.68. The van der Waals surface area contributed by atoms with Gasteiger partial charge in [0.25, 0.3) is 0 Å². The second kappa shape index (κ2) is 11.2. The minimum atomic E-state index is -1.13.